The fraction of sp³-hybridized carbons (Fsp3) is 0.280. The average Bonchev–Trinajstić information content (AvgIpc) is 3.21. The van der Waals surface area contributed by atoms with Crippen LogP contribution in [0.4, 0.5) is 10.1 Å². The van der Waals surface area contributed by atoms with Crippen LogP contribution in [0.1, 0.15) is 22.4 Å². The molecule has 0 atom stereocenters. The predicted octanol–water partition coefficient (Wildman–Crippen LogP) is 3.93. The number of amidine groups is 1. The van der Waals surface area contributed by atoms with Crippen LogP contribution in [-0.2, 0) is 17.6 Å². The van der Waals surface area contributed by atoms with Crippen molar-refractivity contribution in [3.8, 4) is 5.69 Å². The molecule has 0 unspecified atom stereocenters. The third-order valence-electron chi connectivity index (χ3n) is 6.36. The molecule has 0 N–H and O–H groups in total. The highest BCUT2D eigenvalue weighted by Crippen LogP contribution is 2.34. The number of hydrogen-bond donors (Lipinski definition) is 0. The van der Waals surface area contributed by atoms with Crippen LogP contribution < -0.4 is 5.01 Å². The fourth-order valence-electron chi connectivity index (χ4n) is 4.71. The van der Waals surface area contributed by atoms with Crippen molar-refractivity contribution in [1.29, 1.82) is 0 Å². The maximum atomic E-state index is 13.4. The van der Waals surface area contributed by atoms with E-state index in [0.717, 1.165) is 42.4 Å². The highest BCUT2D eigenvalue weighted by atomic mass is 19.1. The van der Waals surface area contributed by atoms with Crippen molar-refractivity contribution in [2.24, 2.45) is 4.99 Å². The Kier molecular flexibility index (Phi) is 4.48. The zero-order chi connectivity index (χ0) is 21.7. The van der Waals surface area contributed by atoms with Crippen molar-refractivity contribution in [2.45, 2.75) is 19.8 Å². The van der Waals surface area contributed by atoms with Crippen molar-refractivity contribution < 1.29 is 9.13 Å². The molecule has 2 aliphatic heterocycles. The van der Waals surface area contributed by atoms with Gasteiger partial charge in [-0.05, 0) is 72.9 Å². The second-order valence-electron chi connectivity index (χ2n) is 8.34. The van der Waals surface area contributed by atoms with Crippen LogP contribution in [0.3, 0.4) is 0 Å². The Morgan fingerprint density at radius 3 is 2.59 bits per heavy atom. The largest absolute Gasteiger partial charge is 0.488 e. The second kappa shape index (κ2) is 7.51. The summed E-state index contributed by atoms with van der Waals surface area (Å²) in [5.41, 5.74) is 7.12. The Morgan fingerprint density at radius 1 is 1.00 bits per heavy atom. The molecule has 6 rings (SSSR count). The zero-order valence-corrected chi connectivity index (χ0v) is 18.0. The molecule has 3 aromatic rings. The summed E-state index contributed by atoms with van der Waals surface area (Å²) in [6, 6.07) is 11.0. The Hall–Kier alpha value is -3.61. The number of hydrogen-bond acceptors (Lipinski definition) is 5. The summed E-state index contributed by atoms with van der Waals surface area (Å²) in [6.45, 7) is 4.73. The number of nitrogens with zero attached hydrogens (tertiary/aromatic N) is 5. The molecule has 1 saturated heterocycles. The number of morpholine rings is 1. The molecule has 32 heavy (non-hydrogen) atoms. The third-order valence-corrected chi connectivity index (χ3v) is 6.36. The maximum absolute atomic E-state index is 13.4. The summed E-state index contributed by atoms with van der Waals surface area (Å²) in [5, 5.41) is 4.32. The van der Waals surface area contributed by atoms with Crippen molar-refractivity contribution in [3.63, 3.8) is 0 Å². The minimum atomic E-state index is -0.227. The van der Waals surface area contributed by atoms with Crippen LogP contribution in [0.2, 0.25) is 0 Å². The molecule has 1 fully saturated rings. The van der Waals surface area contributed by atoms with Gasteiger partial charge < -0.3 is 9.30 Å². The van der Waals surface area contributed by atoms with Crippen molar-refractivity contribution in [2.75, 3.05) is 31.3 Å². The first-order valence-corrected chi connectivity index (χ1v) is 11.0. The minimum Gasteiger partial charge on any atom is -0.488 e. The summed E-state index contributed by atoms with van der Waals surface area (Å²) in [6.07, 6.45) is 8.21. The SMILES string of the molecule is Cc1cn(-c2ccc(C=C3OCCN4C3=NCCN4c3ccc(F)cc3)c3c2CC3)cn1. The van der Waals surface area contributed by atoms with E-state index in [1.807, 2.05) is 25.4 Å². The lowest BCUT2D eigenvalue weighted by Gasteiger charge is -2.43. The van der Waals surface area contributed by atoms with Crippen LogP contribution in [0.15, 0.2) is 59.7 Å². The number of rotatable bonds is 3. The van der Waals surface area contributed by atoms with Crippen molar-refractivity contribution in [1.82, 2.24) is 14.6 Å². The molecule has 0 spiro atoms. The quantitative estimate of drug-likeness (QED) is 0.633. The van der Waals surface area contributed by atoms with Gasteiger partial charge in [0.2, 0.25) is 0 Å². The molecule has 0 radical (unpaired) electrons. The van der Waals surface area contributed by atoms with Gasteiger partial charge in [0.15, 0.2) is 11.6 Å². The molecule has 7 heteroatoms. The van der Waals surface area contributed by atoms with Crippen LogP contribution in [0, 0.1) is 12.7 Å². The Balaban J connectivity index is 1.33. The molecule has 1 aromatic heterocycles. The van der Waals surface area contributed by atoms with E-state index in [1.54, 1.807) is 0 Å². The molecule has 162 valence electrons. The molecule has 0 bridgehead atoms. The number of fused-ring (bicyclic) bond motifs is 2. The lowest BCUT2D eigenvalue weighted by molar-refractivity contribution is 0.160. The number of aliphatic imine (C=N–C) groups is 1. The lowest BCUT2D eigenvalue weighted by atomic mass is 9.83. The van der Waals surface area contributed by atoms with E-state index in [2.05, 4.69) is 44.0 Å². The number of ether oxygens (including phenoxy) is 1. The van der Waals surface area contributed by atoms with Crippen LogP contribution in [-0.4, -0.2) is 46.6 Å². The first kappa shape index (κ1) is 19.1. The van der Waals surface area contributed by atoms with E-state index in [0.29, 0.717) is 19.7 Å². The standard InChI is InChI=1S/C25H24FN5O/c1-17-15-29(16-28-17)23-9-2-18(21-7-8-22(21)23)14-24-25-27-10-11-30(31(25)12-13-32-24)20-5-3-19(26)4-6-20/h2-6,9,14-16H,7-8,10-13H2,1H3. The van der Waals surface area contributed by atoms with E-state index >= 15 is 0 Å². The fourth-order valence-corrected chi connectivity index (χ4v) is 4.71. The molecule has 6 nitrogen and oxygen atoms in total. The minimum absolute atomic E-state index is 0.227. The summed E-state index contributed by atoms with van der Waals surface area (Å²) in [5.74, 6) is 1.41. The molecular formula is C25H24FN5O. The molecule has 0 saturated carbocycles. The summed E-state index contributed by atoms with van der Waals surface area (Å²) in [7, 11) is 0. The second-order valence-corrected chi connectivity index (χ2v) is 8.34. The Labute approximate surface area is 186 Å². The molecule has 3 heterocycles. The van der Waals surface area contributed by atoms with Gasteiger partial charge in [-0.1, -0.05) is 6.07 Å². The third kappa shape index (κ3) is 3.16. The number of aryl methyl sites for hydroxylation is 1. The summed E-state index contributed by atoms with van der Waals surface area (Å²) < 4.78 is 21.6. The first-order valence-electron chi connectivity index (χ1n) is 11.0. The maximum Gasteiger partial charge on any atom is 0.185 e. The molecule has 2 aromatic carbocycles. The van der Waals surface area contributed by atoms with E-state index < -0.39 is 0 Å². The number of imidazole rings is 1. The van der Waals surface area contributed by atoms with E-state index in [9.17, 15) is 4.39 Å². The van der Waals surface area contributed by atoms with Gasteiger partial charge in [-0.25, -0.2) is 9.37 Å². The van der Waals surface area contributed by atoms with Crippen LogP contribution in [0.25, 0.3) is 11.8 Å². The van der Waals surface area contributed by atoms with Crippen molar-refractivity contribution in [3.05, 3.63) is 82.9 Å². The first-order chi connectivity index (χ1) is 15.7. The van der Waals surface area contributed by atoms with Gasteiger partial charge in [0.25, 0.3) is 0 Å². The summed E-state index contributed by atoms with van der Waals surface area (Å²) >= 11 is 0. The van der Waals surface area contributed by atoms with E-state index in [1.165, 1.54) is 34.5 Å². The van der Waals surface area contributed by atoms with Gasteiger partial charge in [-0.2, -0.15) is 0 Å². The smallest absolute Gasteiger partial charge is 0.185 e. The number of hydrazine groups is 1. The van der Waals surface area contributed by atoms with Gasteiger partial charge in [0.05, 0.1) is 37.3 Å². The van der Waals surface area contributed by atoms with Gasteiger partial charge in [0, 0.05) is 11.9 Å². The number of benzene rings is 2. The van der Waals surface area contributed by atoms with Crippen molar-refractivity contribution >= 4 is 17.6 Å². The van der Waals surface area contributed by atoms with Gasteiger partial charge in [-0.15, -0.1) is 0 Å². The van der Waals surface area contributed by atoms with E-state index in [-0.39, 0.29) is 5.82 Å². The van der Waals surface area contributed by atoms with Crippen LogP contribution in [0.5, 0.6) is 0 Å². The molecule has 3 aliphatic rings. The monoisotopic (exact) mass is 429 g/mol. The van der Waals surface area contributed by atoms with Gasteiger partial charge in [-0.3, -0.25) is 15.0 Å². The molecular weight excluding hydrogens is 405 g/mol. The molecule has 1 aliphatic carbocycles. The van der Waals surface area contributed by atoms with Crippen LogP contribution >= 0.6 is 0 Å². The topological polar surface area (TPSA) is 45.9 Å². The highest BCUT2D eigenvalue weighted by molar-refractivity contribution is 6.02. The lowest BCUT2D eigenvalue weighted by Crippen LogP contribution is -2.55. The normalized spacial score (nSPS) is 18.6. The Morgan fingerprint density at radius 2 is 1.84 bits per heavy atom. The molecule has 0 amide bonds. The van der Waals surface area contributed by atoms with Gasteiger partial charge in [0.1, 0.15) is 12.4 Å². The number of aromatic nitrogens is 2. The van der Waals surface area contributed by atoms with Gasteiger partial charge >= 0.3 is 0 Å². The summed E-state index contributed by atoms with van der Waals surface area (Å²) in [4.78, 5) is 9.15. The average molecular weight is 429 g/mol. The Bertz CT molecular complexity index is 1240. The number of halogens is 1. The zero-order valence-electron chi connectivity index (χ0n) is 18.0. The predicted molar refractivity (Wildman–Crippen MR) is 122 cm³/mol. The number of anilines is 1. The highest BCUT2D eigenvalue weighted by Gasteiger charge is 2.31. The van der Waals surface area contributed by atoms with E-state index in [4.69, 9.17) is 9.73 Å².